The van der Waals surface area contributed by atoms with E-state index in [0.29, 0.717) is 19.0 Å². The summed E-state index contributed by atoms with van der Waals surface area (Å²) in [5.41, 5.74) is 0.237. The number of carbonyl (C=O) groups is 1. The van der Waals surface area contributed by atoms with E-state index in [-0.39, 0.29) is 54.0 Å². The highest BCUT2D eigenvalue weighted by Gasteiger charge is 2.27. The summed E-state index contributed by atoms with van der Waals surface area (Å²) in [6.07, 6.45) is 0.827. The van der Waals surface area contributed by atoms with Crippen molar-refractivity contribution in [2.24, 2.45) is 10.9 Å². The van der Waals surface area contributed by atoms with Crippen molar-refractivity contribution in [3.63, 3.8) is 0 Å². The first-order valence-corrected chi connectivity index (χ1v) is 8.10. The highest BCUT2D eigenvalue weighted by molar-refractivity contribution is 14.0. The number of benzene rings is 1. The highest BCUT2D eigenvalue weighted by Crippen LogP contribution is 2.13. The number of guanidine groups is 1. The van der Waals surface area contributed by atoms with Gasteiger partial charge in [0, 0.05) is 44.2 Å². The first-order chi connectivity index (χ1) is 11.4. The van der Waals surface area contributed by atoms with Gasteiger partial charge in [-0.1, -0.05) is 13.8 Å². The molecule has 0 radical (unpaired) electrons. The molecule has 1 aliphatic heterocycles. The first-order valence-electron chi connectivity index (χ1n) is 8.10. The predicted molar refractivity (Wildman–Crippen MR) is 105 cm³/mol. The molecule has 2 rings (SSSR count). The van der Waals surface area contributed by atoms with Gasteiger partial charge in [-0.05, 0) is 24.6 Å². The van der Waals surface area contributed by atoms with Crippen molar-refractivity contribution >= 4 is 35.8 Å². The van der Waals surface area contributed by atoms with Crippen LogP contribution in [0.15, 0.2) is 23.2 Å². The monoisotopic (exact) mass is 466 g/mol. The van der Waals surface area contributed by atoms with E-state index in [2.05, 4.69) is 15.6 Å². The molecule has 1 heterocycles. The third-order valence-corrected chi connectivity index (χ3v) is 4.01. The molecule has 8 heteroatoms. The summed E-state index contributed by atoms with van der Waals surface area (Å²) >= 11 is 0. The second kappa shape index (κ2) is 9.88. The lowest BCUT2D eigenvalue weighted by atomic mass is 10.2. The maximum absolute atomic E-state index is 13.6. The molecule has 1 aliphatic rings. The second-order valence-electron chi connectivity index (χ2n) is 6.23. The zero-order valence-corrected chi connectivity index (χ0v) is 17.0. The number of halogens is 3. The molecule has 1 saturated heterocycles. The van der Waals surface area contributed by atoms with Crippen LogP contribution >= 0.6 is 24.0 Å². The Morgan fingerprint density at radius 3 is 2.76 bits per heavy atom. The lowest BCUT2D eigenvalue weighted by Gasteiger charge is -2.20. The minimum atomic E-state index is -0.477. The second-order valence-corrected chi connectivity index (χ2v) is 6.23. The molecule has 140 valence electrons. The first kappa shape index (κ1) is 21.6. The number of rotatable bonds is 4. The van der Waals surface area contributed by atoms with E-state index in [1.54, 1.807) is 7.05 Å². The molecule has 5 nitrogen and oxygen atoms in total. The van der Waals surface area contributed by atoms with Crippen LogP contribution in [0.1, 0.15) is 25.8 Å². The smallest absolute Gasteiger partial charge is 0.225 e. The fourth-order valence-corrected chi connectivity index (χ4v) is 2.69. The van der Waals surface area contributed by atoms with E-state index in [9.17, 15) is 13.6 Å². The Hall–Kier alpha value is -1.45. The number of aliphatic imine (C=N–C) groups is 1. The Morgan fingerprint density at radius 1 is 1.40 bits per heavy atom. The molecule has 1 atom stereocenters. The predicted octanol–water partition coefficient (Wildman–Crippen LogP) is 2.50. The Labute approximate surface area is 164 Å². The van der Waals surface area contributed by atoms with Gasteiger partial charge in [0.2, 0.25) is 5.91 Å². The Kier molecular flexibility index (Phi) is 8.54. The van der Waals surface area contributed by atoms with E-state index >= 15 is 0 Å². The van der Waals surface area contributed by atoms with Crippen molar-refractivity contribution in [2.45, 2.75) is 32.9 Å². The minimum Gasteiger partial charge on any atom is -0.352 e. The van der Waals surface area contributed by atoms with Crippen molar-refractivity contribution in [2.75, 3.05) is 20.1 Å². The zero-order valence-electron chi connectivity index (χ0n) is 14.7. The summed E-state index contributed by atoms with van der Waals surface area (Å²) in [5, 5.41) is 6.20. The number of likely N-dealkylation sites (tertiary alicyclic amines) is 1. The van der Waals surface area contributed by atoms with Crippen molar-refractivity contribution in [1.82, 2.24) is 15.5 Å². The molecule has 1 unspecified atom stereocenters. The van der Waals surface area contributed by atoms with Gasteiger partial charge in [-0.15, -0.1) is 24.0 Å². The fraction of sp³-hybridized carbons (Fsp3) is 0.529. The maximum atomic E-state index is 13.6. The van der Waals surface area contributed by atoms with Gasteiger partial charge in [0.25, 0.3) is 0 Å². The van der Waals surface area contributed by atoms with Gasteiger partial charge < -0.3 is 15.5 Å². The number of carbonyl (C=O) groups excluding carboxylic acids is 1. The minimum absolute atomic E-state index is 0. The summed E-state index contributed by atoms with van der Waals surface area (Å²) in [4.78, 5) is 17.9. The van der Waals surface area contributed by atoms with E-state index in [1.807, 2.05) is 18.7 Å². The van der Waals surface area contributed by atoms with Crippen molar-refractivity contribution in [3.8, 4) is 0 Å². The molecule has 2 N–H and O–H groups in total. The topological polar surface area (TPSA) is 56.7 Å². The Morgan fingerprint density at radius 2 is 2.12 bits per heavy atom. The van der Waals surface area contributed by atoms with Gasteiger partial charge in [-0.2, -0.15) is 0 Å². The third kappa shape index (κ3) is 6.09. The van der Waals surface area contributed by atoms with Crippen LogP contribution in [-0.2, 0) is 11.3 Å². The summed E-state index contributed by atoms with van der Waals surface area (Å²) < 4.78 is 26.8. The van der Waals surface area contributed by atoms with Crippen LogP contribution in [0.2, 0.25) is 0 Å². The molecule has 0 aliphatic carbocycles. The molecule has 1 aromatic rings. The largest absolute Gasteiger partial charge is 0.352 e. The average molecular weight is 466 g/mol. The van der Waals surface area contributed by atoms with Gasteiger partial charge in [-0.3, -0.25) is 9.79 Å². The molecule has 25 heavy (non-hydrogen) atoms. The lowest BCUT2D eigenvalue weighted by Crippen LogP contribution is -2.45. The third-order valence-electron chi connectivity index (χ3n) is 4.01. The van der Waals surface area contributed by atoms with Crippen molar-refractivity contribution in [1.29, 1.82) is 0 Å². The maximum Gasteiger partial charge on any atom is 0.225 e. The molecular weight excluding hydrogens is 441 g/mol. The molecule has 0 aromatic heterocycles. The number of hydrogen-bond donors (Lipinski definition) is 2. The van der Waals surface area contributed by atoms with Crippen LogP contribution in [0.25, 0.3) is 0 Å². The van der Waals surface area contributed by atoms with Gasteiger partial charge in [0.05, 0.1) is 0 Å². The normalized spacial score (nSPS) is 17.4. The van der Waals surface area contributed by atoms with Crippen LogP contribution in [0.4, 0.5) is 8.78 Å². The fourth-order valence-electron chi connectivity index (χ4n) is 2.69. The zero-order chi connectivity index (χ0) is 17.7. The number of amides is 1. The molecule has 1 aromatic carbocycles. The SMILES string of the molecule is CN=C(NCc1cc(F)ccc1F)NC1CCN(C(=O)C(C)C)C1.I. The molecule has 0 bridgehead atoms. The van der Waals surface area contributed by atoms with Crippen LogP contribution in [0.3, 0.4) is 0 Å². The van der Waals surface area contributed by atoms with Crippen LogP contribution in [-0.4, -0.2) is 42.9 Å². The molecule has 0 spiro atoms. The van der Waals surface area contributed by atoms with Crippen molar-refractivity contribution < 1.29 is 13.6 Å². The van der Waals surface area contributed by atoms with Crippen molar-refractivity contribution in [3.05, 3.63) is 35.4 Å². The summed E-state index contributed by atoms with van der Waals surface area (Å²) in [6, 6.07) is 3.45. The van der Waals surface area contributed by atoms with Crippen LogP contribution < -0.4 is 10.6 Å². The number of nitrogens with one attached hydrogen (secondary N) is 2. The summed E-state index contributed by atoms with van der Waals surface area (Å²) in [7, 11) is 1.61. The molecule has 0 saturated carbocycles. The molecule has 1 amide bonds. The van der Waals surface area contributed by atoms with E-state index in [1.165, 1.54) is 0 Å². The van der Waals surface area contributed by atoms with Crippen LogP contribution in [0.5, 0.6) is 0 Å². The van der Waals surface area contributed by atoms with Gasteiger partial charge >= 0.3 is 0 Å². The Balaban J connectivity index is 0.00000312. The van der Waals surface area contributed by atoms with E-state index < -0.39 is 11.6 Å². The van der Waals surface area contributed by atoms with E-state index in [4.69, 9.17) is 0 Å². The molecular formula is C17H25F2IN4O. The highest BCUT2D eigenvalue weighted by atomic mass is 127. The summed E-state index contributed by atoms with van der Waals surface area (Å²) in [6.45, 7) is 5.23. The quantitative estimate of drug-likeness (QED) is 0.408. The number of nitrogens with zero attached hydrogens (tertiary/aromatic N) is 2. The molecule has 1 fully saturated rings. The number of hydrogen-bond acceptors (Lipinski definition) is 2. The van der Waals surface area contributed by atoms with E-state index in [0.717, 1.165) is 24.6 Å². The van der Waals surface area contributed by atoms with Crippen LogP contribution in [0, 0.1) is 17.6 Å². The average Bonchev–Trinajstić information content (AvgIpc) is 3.01. The standard InChI is InChI=1S/C17H24F2N4O.HI/c1-11(2)16(24)23-7-6-14(10-23)22-17(20-3)21-9-12-8-13(18)4-5-15(12)19;/h4-5,8,11,14H,6-7,9-10H2,1-3H3,(H2,20,21,22);1H. The Bertz CT molecular complexity index is 625. The van der Waals surface area contributed by atoms with Gasteiger partial charge in [0.15, 0.2) is 5.96 Å². The van der Waals surface area contributed by atoms with Gasteiger partial charge in [-0.25, -0.2) is 8.78 Å². The lowest BCUT2D eigenvalue weighted by molar-refractivity contribution is -0.133. The van der Waals surface area contributed by atoms with Gasteiger partial charge in [0.1, 0.15) is 11.6 Å². The summed E-state index contributed by atoms with van der Waals surface area (Å²) in [5.74, 6) is -0.313.